The molecule has 0 atom stereocenters. The minimum atomic E-state index is 0.492. The molecule has 3 rings (SSSR count). The Balaban J connectivity index is 2.10. The normalized spacial score (nSPS) is 14.4. The maximum Gasteiger partial charge on any atom is 0.133 e. The number of anilines is 1. The van der Waals surface area contributed by atoms with Gasteiger partial charge >= 0.3 is 0 Å². The fourth-order valence-electron chi connectivity index (χ4n) is 3.32. The molecule has 0 unspecified atom stereocenters. The summed E-state index contributed by atoms with van der Waals surface area (Å²) in [6, 6.07) is 8.68. The number of fused-ring (bicyclic) bond motifs is 1. The molecule has 2 heterocycles. The van der Waals surface area contributed by atoms with Crippen LogP contribution in [-0.2, 0) is 12.8 Å². The second kappa shape index (κ2) is 7.43. The third-order valence-corrected chi connectivity index (χ3v) is 5.16. The highest BCUT2D eigenvalue weighted by Gasteiger charge is 2.21. The Labute approximate surface area is 143 Å². The third-order valence-electron chi connectivity index (χ3n) is 4.54. The number of hydrogen-bond donors (Lipinski definition) is 1. The van der Waals surface area contributed by atoms with Crippen molar-refractivity contribution in [1.82, 2.24) is 9.78 Å². The van der Waals surface area contributed by atoms with Crippen LogP contribution in [0.25, 0.3) is 5.69 Å². The predicted octanol–water partition coefficient (Wildman–Crippen LogP) is 4.65. The highest BCUT2D eigenvalue weighted by Crippen LogP contribution is 2.31. The molecule has 0 saturated carbocycles. The number of rotatable bonds is 5. The largest absolute Gasteiger partial charge is 0.370 e. The molecule has 2 aromatic rings. The van der Waals surface area contributed by atoms with Gasteiger partial charge in [0.1, 0.15) is 5.82 Å². The number of nitrogens with one attached hydrogen (secondary N) is 1. The summed E-state index contributed by atoms with van der Waals surface area (Å²) in [6.07, 6.45) is 6.87. The Hall–Kier alpha value is -1.42. The van der Waals surface area contributed by atoms with E-state index < -0.39 is 0 Å². The molecule has 1 aromatic heterocycles. The lowest BCUT2D eigenvalue weighted by molar-refractivity contribution is 0.760. The summed E-state index contributed by atoms with van der Waals surface area (Å²) in [6.45, 7) is 5.55. The number of benzene rings is 1. The highest BCUT2D eigenvalue weighted by atomic mass is 32.2. The summed E-state index contributed by atoms with van der Waals surface area (Å²) >= 11 is 1.90. The number of hydrogen-bond acceptors (Lipinski definition) is 3. The van der Waals surface area contributed by atoms with Crippen LogP contribution in [0, 0.1) is 0 Å². The van der Waals surface area contributed by atoms with Gasteiger partial charge in [0, 0.05) is 18.5 Å². The lowest BCUT2D eigenvalue weighted by atomic mass is 10.0. The maximum absolute atomic E-state index is 5.03. The molecule has 124 valence electrons. The fourth-order valence-corrected chi connectivity index (χ4v) is 3.71. The molecule has 0 spiro atoms. The Morgan fingerprint density at radius 3 is 2.87 bits per heavy atom. The molecule has 0 radical (unpaired) electrons. The monoisotopic (exact) mass is 329 g/mol. The van der Waals surface area contributed by atoms with Crippen molar-refractivity contribution < 1.29 is 0 Å². The van der Waals surface area contributed by atoms with Crippen LogP contribution in [0.1, 0.15) is 49.4 Å². The molecule has 1 aliphatic heterocycles. The van der Waals surface area contributed by atoms with Crippen molar-refractivity contribution in [2.24, 2.45) is 0 Å². The molecular formula is C19H27N3S. The molecule has 0 amide bonds. The first-order valence-electron chi connectivity index (χ1n) is 8.65. The van der Waals surface area contributed by atoms with E-state index in [2.05, 4.69) is 54.4 Å². The van der Waals surface area contributed by atoms with E-state index in [9.17, 15) is 0 Å². The van der Waals surface area contributed by atoms with E-state index in [0.29, 0.717) is 5.92 Å². The zero-order valence-electron chi connectivity index (χ0n) is 14.4. The van der Waals surface area contributed by atoms with E-state index in [1.807, 2.05) is 11.8 Å². The first-order chi connectivity index (χ1) is 11.2. The minimum Gasteiger partial charge on any atom is -0.370 e. The van der Waals surface area contributed by atoms with Gasteiger partial charge in [-0.1, -0.05) is 32.0 Å². The molecule has 1 aliphatic rings. The topological polar surface area (TPSA) is 29.9 Å². The van der Waals surface area contributed by atoms with Crippen LogP contribution < -0.4 is 5.32 Å². The second-order valence-corrected chi connectivity index (χ2v) is 7.51. The Morgan fingerprint density at radius 1 is 1.26 bits per heavy atom. The van der Waals surface area contributed by atoms with Crippen molar-refractivity contribution in [2.45, 2.75) is 45.4 Å². The van der Waals surface area contributed by atoms with Crippen molar-refractivity contribution in [2.75, 3.05) is 23.9 Å². The summed E-state index contributed by atoms with van der Waals surface area (Å²) in [7, 11) is 0. The number of aryl methyl sites for hydroxylation is 1. The minimum absolute atomic E-state index is 0.492. The van der Waals surface area contributed by atoms with E-state index in [4.69, 9.17) is 5.10 Å². The van der Waals surface area contributed by atoms with Crippen LogP contribution in [0.2, 0.25) is 0 Å². The molecule has 0 fully saturated rings. The van der Waals surface area contributed by atoms with E-state index in [1.165, 1.54) is 41.2 Å². The van der Waals surface area contributed by atoms with Crippen LogP contribution in [0.5, 0.6) is 0 Å². The summed E-state index contributed by atoms with van der Waals surface area (Å²) in [4.78, 5) is 0. The quantitative estimate of drug-likeness (QED) is 0.866. The zero-order chi connectivity index (χ0) is 16.2. The van der Waals surface area contributed by atoms with Gasteiger partial charge in [-0.05, 0) is 48.8 Å². The molecular weight excluding hydrogens is 302 g/mol. The highest BCUT2D eigenvalue weighted by molar-refractivity contribution is 7.98. The molecule has 23 heavy (non-hydrogen) atoms. The zero-order valence-corrected chi connectivity index (χ0v) is 15.2. The van der Waals surface area contributed by atoms with Crippen LogP contribution in [0.15, 0.2) is 24.3 Å². The van der Waals surface area contributed by atoms with Gasteiger partial charge in [0.05, 0.1) is 11.4 Å². The van der Waals surface area contributed by atoms with Crippen molar-refractivity contribution in [3.05, 3.63) is 41.1 Å². The summed E-state index contributed by atoms with van der Waals surface area (Å²) < 4.78 is 2.17. The lowest BCUT2D eigenvalue weighted by Crippen LogP contribution is -2.09. The van der Waals surface area contributed by atoms with Gasteiger partial charge in [0.2, 0.25) is 0 Å². The van der Waals surface area contributed by atoms with Gasteiger partial charge in [-0.25, -0.2) is 4.68 Å². The van der Waals surface area contributed by atoms with Crippen LogP contribution in [-0.4, -0.2) is 28.3 Å². The van der Waals surface area contributed by atoms with Gasteiger partial charge in [-0.3, -0.25) is 0 Å². The van der Waals surface area contributed by atoms with Crippen LogP contribution in [0.3, 0.4) is 0 Å². The SMILES string of the molecule is CSCCc1nn(-c2ccccc2C(C)C)c2c1CCCCN2. The van der Waals surface area contributed by atoms with Gasteiger partial charge in [-0.15, -0.1) is 0 Å². The maximum atomic E-state index is 5.03. The van der Waals surface area contributed by atoms with E-state index in [1.54, 1.807) is 0 Å². The van der Waals surface area contributed by atoms with E-state index in [-0.39, 0.29) is 0 Å². The van der Waals surface area contributed by atoms with Gasteiger partial charge in [-0.2, -0.15) is 16.9 Å². The van der Waals surface area contributed by atoms with Crippen molar-refractivity contribution in [3.8, 4) is 5.69 Å². The standard InChI is InChI=1S/C19H27N3S/c1-14(2)15-8-4-5-10-18(15)22-19-16(9-6-7-12-20-19)17(21-22)11-13-23-3/h4-5,8,10,14,20H,6-7,9,11-13H2,1-3H3. The Morgan fingerprint density at radius 2 is 2.09 bits per heavy atom. The first-order valence-corrected chi connectivity index (χ1v) is 10.0. The molecule has 0 saturated heterocycles. The fraction of sp³-hybridized carbons (Fsp3) is 0.526. The molecule has 1 N–H and O–H groups in total. The molecule has 4 heteroatoms. The summed E-state index contributed by atoms with van der Waals surface area (Å²) in [5.74, 6) is 2.85. The summed E-state index contributed by atoms with van der Waals surface area (Å²) in [5, 5.41) is 8.67. The van der Waals surface area contributed by atoms with Gasteiger partial charge in [0.25, 0.3) is 0 Å². The molecule has 3 nitrogen and oxygen atoms in total. The smallest absolute Gasteiger partial charge is 0.133 e. The summed E-state index contributed by atoms with van der Waals surface area (Å²) in [5.41, 5.74) is 5.31. The van der Waals surface area contributed by atoms with Crippen molar-refractivity contribution in [3.63, 3.8) is 0 Å². The number of aromatic nitrogens is 2. The number of thioether (sulfide) groups is 1. The van der Waals surface area contributed by atoms with Crippen molar-refractivity contribution >= 4 is 17.6 Å². The van der Waals surface area contributed by atoms with Gasteiger partial charge in [0.15, 0.2) is 0 Å². The number of nitrogens with zero attached hydrogens (tertiary/aromatic N) is 2. The average molecular weight is 330 g/mol. The third kappa shape index (κ3) is 3.42. The van der Waals surface area contributed by atoms with E-state index >= 15 is 0 Å². The molecule has 0 bridgehead atoms. The van der Waals surface area contributed by atoms with Crippen LogP contribution >= 0.6 is 11.8 Å². The Bertz CT molecular complexity index is 661. The molecule has 0 aliphatic carbocycles. The lowest BCUT2D eigenvalue weighted by Gasteiger charge is -2.15. The van der Waals surface area contributed by atoms with Crippen LogP contribution in [0.4, 0.5) is 5.82 Å². The predicted molar refractivity (Wildman–Crippen MR) is 101 cm³/mol. The second-order valence-electron chi connectivity index (χ2n) is 6.53. The average Bonchev–Trinajstić information content (AvgIpc) is 2.73. The van der Waals surface area contributed by atoms with Crippen molar-refractivity contribution in [1.29, 1.82) is 0 Å². The van der Waals surface area contributed by atoms with E-state index in [0.717, 1.165) is 25.1 Å². The first kappa shape index (κ1) is 16.4. The Kier molecular flexibility index (Phi) is 5.31. The number of para-hydroxylation sites is 1. The molecule has 1 aromatic carbocycles. The van der Waals surface area contributed by atoms with Gasteiger partial charge < -0.3 is 5.32 Å².